The molecule has 2 rings (SSSR count). The summed E-state index contributed by atoms with van der Waals surface area (Å²) in [6.45, 7) is 6.67. The number of nitrogens with zero attached hydrogens (tertiary/aromatic N) is 1. The van der Waals surface area contributed by atoms with E-state index < -0.39 is 0 Å². The normalized spacial score (nSPS) is 24.7. The Bertz CT molecular complexity index is 185. The van der Waals surface area contributed by atoms with Crippen molar-refractivity contribution in [2.24, 2.45) is 0 Å². The molecule has 2 aliphatic rings. The third-order valence-corrected chi connectivity index (χ3v) is 4.00. The van der Waals surface area contributed by atoms with Crippen LogP contribution in [0.4, 0.5) is 0 Å². The molecule has 1 aliphatic carbocycles. The predicted molar refractivity (Wildman–Crippen MR) is 71.4 cm³/mol. The highest BCUT2D eigenvalue weighted by atomic mass is 16.5. The van der Waals surface area contributed by atoms with E-state index in [4.69, 9.17) is 4.74 Å². The van der Waals surface area contributed by atoms with Gasteiger partial charge in [0, 0.05) is 25.7 Å². The summed E-state index contributed by atoms with van der Waals surface area (Å²) in [5, 5.41) is 3.72. The molecule has 0 unspecified atom stereocenters. The Morgan fingerprint density at radius 3 is 2.76 bits per heavy atom. The van der Waals surface area contributed by atoms with Crippen LogP contribution in [-0.4, -0.2) is 50.3 Å². The van der Waals surface area contributed by atoms with E-state index in [-0.39, 0.29) is 0 Å². The van der Waals surface area contributed by atoms with Gasteiger partial charge in [-0.05, 0) is 38.8 Å². The minimum Gasteiger partial charge on any atom is -0.380 e. The molecule has 1 N–H and O–H groups in total. The van der Waals surface area contributed by atoms with Crippen molar-refractivity contribution in [2.45, 2.75) is 51.0 Å². The largest absolute Gasteiger partial charge is 0.380 e. The van der Waals surface area contributed by atoms with Gasteiger partial charge in [-0.15, -0.1) is 0 Å². The van der Waals surface area contributed by atoms with Gasteiger partial charge in [0.2, 0.25) is 0 Å². The zero-order chi connectivity index (χ0) is 11.8. The van der Waals surface area contributed by atoms with Crippen LogP contribution in [0, 0.1) is 0 Å². The van der Waals surface area contributed by atoms with Crippen molar-refractivity contribution in [2.75, 3.05) is 39.4 Å². The third-order valence-electron chi connectivity index (χ3n) is 4.00. The van der Waals surface area contributed by atoms with Gasteiger partial charge in [0.1, 0.15) is 0 Å². The third kappa shape index (κ3) is 5.36. The molecule has 0 bridgehead atoms. The number of nitrogens with one attached hydrogen (secondary N) is 1. The number of rotatable bonds is 5. The summed E-state index contributed by atoms with van der Waals surface area (Å²) in [5.74, 6) is 0. The first-order valence-electron chi connectivity index (χ1n) is 7.48. The monoisotopic (exact) mass is 240 g/mol. The molecule has 0 radical (unpaired) electrons. The maximum Gasteiger partial charge on any atom is 0.0593 e. The summed E-state index contributed by atoms with van der Waals surface area (Å²) >= 11 is 0. The zero-order valence-electron chi connectivity index (χ0n) is 11.1. The van der Waals surface area contributed by atoms with Gasteiger partial charge in [0.15, 0.2) is 0 Å². The first kappa shape index (κ1) is 13.3. The molecule has 1 heterocycles. The van der Waals surface area contributed by atoms with Crippen molar-refractivity contribution in [3.8, 4) is 0 Å². The van der Waals surface area contributed by atoms with Gasteiger partial charge in [-0.25, -0.2) is 0 Å². The first-order valence-corrected chi connectivity index (χ1v) is 7.48. The van der Waals surface area contributed by atoms with Crippen LogP contribution in [0.15, 0.2) is 0 Å². The second kappa shape index (κ2) is 8.06. The van der Waals surface area contributed by atoms with Gasteiger partial charge in [-0.1, -0.05) is 19.3 Å². The average molecular weight is 240 g/mol. The van der Waals surface area contributed by atoms with E-state index in [2.05, 4.69) is 10.2 Å². The average Bonchev–Trinajstić information content (AvgIpc) is 2.65. The predicted octanol–water partition coefficient (Wildman–Crippen LogP) is 2.02. The second-order valence-electron chi connectivity index (χ2n) is 5.45. The fourth-order valence-electron chi connectivity index (χ4n) is 2.94. The van der Waals surface area contributed by atoms with Crippen LogP contribution in [0.1, 0.15) is 44.9 Å². The second-order valence-corrected chi connectivity index (χ2v) is 5.45. The molecule has 3 heteroatoms. The van der Waals surface area contributed by atoms with Crippen molar-refractivity contribution in [3.63, 3.8) is 0 Å². The van der Waals surface area contributed by atoms with Crippen LogP contribution in [0.5, 0.6) is 0 Å². The summed E-state index contributed by atoms with van der Waals surface area (Å²) in [4.78, 5) is 2.55. The van der Waals surface area contributed by atoms with E-state index in [1.165, 1.54) is 64.6 Å². The first-order chi connectivity index (χ1) is 8.45. The smallest absolute Gasteiger partial charge is 0.0593 e. The van der Waals surface area contributed by atoms with Gasteiger partial charge in [0.05, 0.1) is 6.61 Å². The molecule has 0 atom stereocenters. The Kier molecular flexibility index (Phi) is 6.32. The van der Waals surface area contributed by atoms with E-state index in [1.807, 2.05) is 0 Å². The molecule has 0 aromatic heterocycles. The van der Waals surface area contributed by atoms with Crippen molar-refractivity contribution in [1.82, 2.24) is 10.2 Å². The van der Waals surface area contributed by atoms with Crippen molar-refractivity contribution >= 4 is 0 Å². The van der Waals surface area contributed by atoms with Crippen molar-refractivity contribution in [1.29, 1.82) is 0 Å². The summed E-state index contributed by atoms with van der Waals surface area (Å²) < 4.78 is 5.47. The van der Waals surface area contributed by atoms with Crippen molar-refractivity contribution in [3.05, 3.63) is 0 Å². The molecule has 3 nitrogen and oxygen atoms in total. The topological polar surface area (TPSA) is 24.5 Å². The molecule has 1 saturated carbocycles. The lowest BCUT2D eigenvalue weighted by Crippen LogP contribution is -2.34. The molecule has 0 aromatic rings. The van der Waals surface area contributed by atoms with Gasteiger partial charge in [0.25, 0.3) is 0 Å². The lowest BCUT2D eigenvalue weighted by Gasteiger charge is -2.24. The molecular formula is C14H28N2O. The van der Waals surface area contributed by atoms with E-state index in [1.54, 1.807) is 0 Å². The number of hydrogen-bond acceptors (Lipinski definition) is 3. The Labute approximate surface area is 106 Å². The van der Waals surface area contributed by atoms with Crippen LogP contribution in [0.2, 0.25) is 0 Å². The minimum atomic E-state index is 0.816. The van der Waals surface area contributed by atoms with Gasteiger partial charge in [-0.2, -0.15) is 0 Å². The van der Waals surface area contributed by atoms with Crippen LogP contribution in [0.3, 0.4) is 0 Å². The summed E-state index contributed by atoms with van der Waals surface area (Å²) in [6, 6.07) is 0.816. The highest BCUT2D eigenvalue weighted by molar-refractivity contribution is 4.72. The molecule has 100 valence electrons. The number of hydrogen-bond donors (Lipinski definition) is 1. The van der Waals surface area contributed by atoms with E-state index in [0.29, 0.717) is 0 Å². The number of ether oxygens (including phenoxy) is 1. The Hall–Kier alpha value is -0.120. The summed E-state index contributed by atoms with van der Waals surface area (Å²) in [6.07, 6.45) is 9.61. The maximum atomic E-state index is 5.47. The Balaban J connectivity index is 1.49. The Morgan fingerprint density at radius 1 is 1.00 bits per heavy atom. The molecule has 1 aliphatic heterocycles. The quantitative estimate of drug-likeness (QED) is 0.744. The molecule has 17 heavy (non-hydrogen) atoms. The lowest BCUT2D eigenvalue weighted by atomic mass is 9.95. The van der Waals surface area contributed by atoms with E-state index in [9.17, 15) is 0 Å². The van der Waals surface area contributed by atoms with Gasteiger partial charge in [-0.3, -0.25) is 0 Å². The standard InChI is InChI=1S/C14H28N2O/c1-2-6-14(7-3-1)15-8-4-9-16-10-5-12-17-13-11-16/h14-15H,1-13H2. The fraction of sp³-hybridized carbons (Fsp3) is 1.00. The highest BCUT2D eigenvalue weighted by Gasteiger charge is 2.12. The molecule has 0 aromatic carbocycles. The molecule has 0 amide bonds. The summed E-state index contributed by atoms with van der Waals surface area (Å²) in [7, 11) is 0. The van der Waals surface area contributed by atoms with Crippen LogP contribution >= 0.6 is 0 Å². The van der Waals surface area contributed by atoms with E-state index >= 15 is 0 Å². The Morgan fingerprint density at radius 2 is 1.88 bits per heavy atom. The molecule has 2 fully saturated rings. The van der Waals surface area contributed by atoms with Gasteiger partial charge >= 0.3 is 0 Å². The fourth-order valence-corrected chi connectivity index (χ4v) is 2.94. The summed E-state index contributed by atoms with van der Waals surface area (Å²) in [5.41, 5.74) is 0. The molecule has 0 spiro atoms. The highest BCUT2D eigenvalue weighted by Crippen LogP contribution is 2.17. The SMILES string of the molecule is C1CCC(NCCCN2CCCOCC2)CC1. The molecular weight excluding hydrogens is 212 g/mol. The van der Waals surface area contributed by atoms with Crippen LogP contribution < -0.4 is 5.32 Å². The van der Waals surface area contributed by atoms with E-state index in [0.717, 1.165) is 25.8 Å². The van der Waals surface area contributed by atoms with Crippen LogP contribution in [-0.2, 0) is 4.74 Å². The van der Waals surface area contributed by atoms with Gasteiger partial charge < -0.3 is 15.0 Å². The van der Waals surface area contributed by atoms with Crippen LogP contribution in [0.25, 0.3) is 0 Å². The minimum absolute atomic E-state index is 0.816. The molecule has 1 saturated heterocycles. The zero-order valence-corrected chi connectivity index (χ0v) is 11.1. The maximum absolute atomic E-state index is 5.47. The van der Waals surface area contributed by atoms with Crippen molar-refractivity contribution < 1.29 is 4.74 Å². The lowest BCUT2D eigenvalue weighted by molar-refractivity contribution is 0.141.